The molecule has 1 fully saturated rings. The van der Waals surface area contributed by atoms with Crippen LogP contribution in [-0.4, -0.2) is 47.5 Å². The van der Waals surface area contributed by atoms with E-state index in [4.69, 9.17) is 4.74 Å². The van der Waals surface area contributed by atoms with Crippen LogP contribution in [0, 0.1) is 5.41 Å². The summed E-state index contributed by atoms with van der Waals surface area (Å²) in [5.41, 5.74) is -0.478. The van der Waals surface area contributed by atoms with E-state index in [-0.39, 0.29) is 0 Å². The highest BCUT2D eigenvalue weighted by Gasteiger charge is 2.48. The molecule has 5 heteroatoms. The SMILES string of the molecule is CC(C)(C)[C@@H]1O[C@H](CF)[C@H](F)[C@H](O)[C@H]1O. The third-order valence-corrected chi connectivity index (χ3v) is 2.67. The highest BCUT2D eigenvalue weighted by molar-refractivity contribution is 4.96. The van der Waals surface area contributed by atoms with Gasteiger partial charge in [0.15, 0.2) is 6.17 Å². The summed E-state index contributed by atoms with van der Waals surface area (Å²) in [5, 5.41) is 19.0. The molecule has 0 aliphatic carbocycles. The molecule has 5 atom stereocenters. The average Bonchev–Trinajstić information content (AvgIpc) is 2.13. The fourth-order valence-electron chi connectivity index (χ4n) is 1.77. The van der Waals surface area contributed by atoms with E-state index in [0.717, 1.165) is 0 Å². The van der Waals surface area contributed by atoms with Crippen molar-refractivity contribution in [1.29, 1.82) is 0 Å². The lowest BCUT2D eigenvalue weighted by Crippen LogP contribution is -2.59. The Balaban J connectivity index is 2.83. The van der Waals surface area contributed by atoms with Gasteiger partial charge in [-0.1, -0.05) is 20.8 Å². The molecule has 0 saturated carbocycles. The molecule has 0 bridgehead atoms. The lowest BCUT2D eigenvalue weighted by Gasteiger charge is -2.44. The normalized spacial score (nSPS) is 43.0. The molecular formula is C10H18F2O3. The molecule has 15 heavy (non-hydrogen) atoms. The first-order valence-corrected chi connectivity index (χ1v) is 5.00. The molecule has 0 amide bonds. The Bertz CT molecular complexity index is 215. The van der Waals surface area contributed by atoms with E-state index < -0.39 is 42.7 Å². The Morgan fingerprint density at radius 3 is 2.13 bits per heavy atom. The average molecular weight is 224 g/mol. The van der Waals surface area contributed by atoms with Crippen LogP contribution in [0.25, 0.3) is 0 Å². The number of aliphatic hydroxyl groups is 2. The minimum absolute atomic E-state index is 0.478. The Labute approximate surface area is 88.1 Å². The summed E-state index contributed by atoms with van der Waals surface area (Å²) < 4.78 is 30.8. The molecule has 2 N–H and O–H groups in total. The van der Waals surface area contributed by atoms with E-state index in [1.165, 1.54) is 0 Å². The summed E-state index contributed by atoms with van der Waals surface area (Å²) in [6.07, 6.45) is -6.82. The summed E-state index contributed by atoms with van der Waals surface area (Å²) in [4.78, 5) is 0. The Morgan fingerprint density at radius 2 is 1.73 bits per heavy atom. The van der Waals surface area contributed by atoms with E-state index in [2.05, 4.69) is 0 Å². The maximum absolute atomic E-state index is 13.3. The van der Waals surface area contributed by atoms with Crippen LogP contribution < -0.4 is 0 Å². The monoisotopic (exact) mass is 224 g/mol. The second kappa shape index (κ2) is 4.31. The zero-order chi connectivity index (χ0) is 11.8. The van der Waals surface area contributed by atoms with Crippen LogP contribution in [0.5, 0.6) is 0 Å². The maximum Gasteiger partial charge on any atom is 0.157 e. The Morgan fingerprint density at radius 1 is 1.20 bits per heavy atom. The number of aliphatic hydroxyl groups excluding tert-OH is 2. The molecule has 1 saturated heterocycles. The number of hydrogen-bond donors (Lipinski definition) is 2. The molecule has 1 rings (SSSR count). The predicted octanol–water partition coefficient (Wildman–Crippen LogP) is 0.829. The molecule has 1 aliphatic rings. The quantitative estimate of drug-likeness (QED) is 0.693. The molecule has 90 valence electrons. The van der Waals surface area contributed by atoms with E-state index in [0.29, 0.717) is 0 Å². The van der Waals surface area contributed by atoms with Gasteiger partial charge in [0.05, 0.1) is 6.10 Å². The van der Waals surface area contributed by atoms with Gasteiger partial charge in [-0.05, 0) is 5.41 Å². The summed E-state index contributed by atoms with van der Waals surface area (Å²) in [6.45, 7) is 4.34. The van der Waals surface area contributed by atoms with E-state index in [1.54, 1.807) is 20.8 Å². The number of halogens is 2. The zero-order valence-corrected chi connectivity index (χ0v) is 9.15. The van der Waals surface area contributed by atoms with Gasteiger partial charge in [-0.15, -0.1) is 0 Å². The van der Waals surface area contributed by atoms with Gasteiger partial charge in [0.25, 0.3) is 0 Å². The minimum atomic E-state index is -1.87. The van der Waals surface area contributed by atoms with Gasteiger partial charge < -0.3 is 14.9 Å². The lowest BCUT2D eigenvalue weighted by molar-refractivity contribution is -0.231. The number of rotatable bonds is 1. The van der Waals surface area contributed by atoms with Gasteiger partial charge in [0.2, 0.25) is 0 Å². The van der Waals surface area contributed by atoms with Gasteiger partial charge >= 0.3 is 0 Å². The largest absolute Gasteiger partial charge is 0.388 e. The maximum atomic E-state index is 13.3. The first-order valence-electron chi connectivity index (χ1n) is 5.00. The standard InChI is InChI=1S/C10H18F2O3/c1-10(2,3)9-8(14)7(13)6(12)5(4-11)15-9/h5-9,13-14H,4H2,1-3H3/t5-,6+,7+,8-,9-/m1/s1. The predicted molar refractivity (Wildman–Crippen MR) is 51.0 cm³/mol. The van der Waals surface area contributed by atoms with Gasteiger partial charge in [-0.2, -0.15) is 0 Å². The summed E-state index contributed by atoms with van der Waals surface area (Å²) in [5.74, 6) is 0. The third kappa shape index (κ3) is 2.46. The van der Waals surface area contributed by atoms with Gasteiger partial charge in [-0.3, -0.25) is 0 Å². The van der Waals surface area contributed by atoms with Crippen molar-refractivity contribution in [2.45, 2.75) is 51.4 Å². The molecular weight excluding hydrogens is 206 g/mol. The van der Waals surface area contributed by atoms with E-state index >= 15 is 0 Å². The van der Waals surface area contributed by atoms with E-state index in [9.17, 15) is 19.0 Å². The second-order valence-corrected chi connectivity index (χ2v) is 5.04. The topological polar surface area (TPSA) is 49.7 Å². The van der Waals surface area contributed by atoms with Crippen LogP contribution in [-0.2, 0) is 4.74 Å². The molecule has 0 radical (unpaired) electrons. The summed E-state index contributed by atoms with van der Waals surface area (Å²) in [6, 6.07) is 0. The molecule has 0 spiro atoms. The zero-order valence-electron chi connectivity index (χ0n) is 9.15. The van der Waals surface area contributed by atoms with Crippen LogP contribution in [0.1, 0.15) is 20.8 Å². The fourth-order valence-corrected chi connectivity index (χ4v) is 1.77. The number of hydrogen-bond acceptors (Lipinski definition) is 3. The van der Waals surface area contributed by atoms with Crippen molar-refractivity contribution in [3.8, 4) is 0 Å². The number of ether oxygens (including phenoxy) is 1. The lowest BCUT2D eigenvalue weighted by atomic mass is 9.80. The van der Waals surface area contributed by atoms with Crippen molar-refractivity contribution in [3.63, 3.8) is 0 Å². The van der Waals surface area contributed by atoms with E-state index in [1.807, 2.05) is 0 Å². The molecule has 1 heterocycles. The van der Waals surface area contributed by atoms with Gasteiger partial charge in [0.1, 0.15) is 25.0 Å². The van der Waals surface area contributed by atoms with Crippen molar-refractivity contribution >= 4 is 0 Å². The molecule has 0 unspecified atom stereocenters. The van der Waals surface area contributed by atoms with Crippen LogP contribution in [0.2, 0.25) is 0 Å². The summed E-state index contributed by atoms with van der Waals surface area (Å²) >= 11 is 0. The van der Waals surface area contributed by atoms with Gasteiger partial charge in [-0.25, -0.2) is 8.78 Å². The van der Waals surface area contributed by atoms with Gasteiger partial charge in [0, 0.05) is 0 Å². The first-order chi connectivity index (χ1) is 6.79. The highest BCUT2D eigenvalue weighted by atomic mass is 19.1. The van der Waals surface area contributed by atoms with Crippen molar-refractivity contribution < 1.29 is 23.7 Å². The second-order valence-electron chi connectivity index (χ2n) is 5.04. The Kier molecular flexibility index (Phi) is 3.68. The fraction of sp³-hybridized carbons (Fsp3) is 1.00. The third-order valence-electron chi connectivity index (χ3n) is 2.67. The van der Waals surface area contributed by atoms with Crippen molar-refractivity contribution in [1.82, 2.24) is 0 Å². The Hall–Kier alpha value is -0.260. The van der Waals surface area contributed by atoms with Crippen LogP contribution in [0.15, 0.2) is 0 Å². The number of alkyl halides is 2. The van der Waals surface area contributed by atoms with Crippen LogP contribution in [0.3, 0.4) is 0 Å². The van der Waals surface area contributed by atoms with Crippen LogP contribution >= 0.6 is 0 Å². The smallest absolute Gasteiger partial charge is 0.157 e. The van der Waals surface area contributed by atoms with Crippen molar-refractivity contribution in [2.75, 3.05) is 6.67 Å². The first kappa shape index (κ1) is 12.8. The molecule has 1 aliphatic heterocycles. The molecule has 0 aromatic rings. The molecule has 3 nitrogen and oxygen atoms in total. The van der Waals surface area contributed by atoms with Crippen LogP contribution in [0.4, 0.5) is 8.78 Å². The van der Waals surface area contributed by atoms with Crippen molar-refractivity contribution in [3.05, 3.63) is 0 Å². The van der Waals surface area contributed by atoms with Crippen molar-refractivity contribution in [2.24, 2.45) is 5.41 Å². The summed E-state index contributed by atoms with van der Waals surface area (Å²) in [7, 11) is 0. The minimum Gasteiger partial charge on any atom is -0.388 e. The molecule has 0 aromatic heterocycles. The highest BCUT2D eigenvalue weighted by Crippen LogP contribution is 2.34. The molecule has 0 aromatic carbocycles.